The van der Waals surface area contributed by atoms with Crippen molar-refractivity contribution in [3.63, 3.8) is 0 Å². The van der Waals surface area contributed by atoms with Crippen LogP contribution in [0.4, 0.5) is 26.3 Å². The maximum absolute atomic E-state index is 15.5. The van der Waals surface area contributed by atoms with Gasteiger partial charge >= 0.3 is 12.4 Å². The minimum Gasteiger partial charge on any atom is -0.309 e. The molecule has 0 aliphatic carbocycles. The number of nitriles is 1. The van der Waals surface area contributed by atoms with Crippen LogP contribution in [0, 0.1) is 11.3 Å². The Bertz CT molecular complexity index is 3440. The predicted molar refractivity (Wildman–Crippen MR) is 276 cm³/mol. The van der Waals surface area contributed by atoms with Crippen LogP contribution in [-0.4, -0.2) is 9.13 Å². The van der Waals surface area contributed by atoms with E-state index < -0.39 is 29.0 Å². The second-order valence-corrected chi connectivity index (χ2v) is 22.8. The molecule has 0 N–H and O–H groups in total. The van der Waals surface area contributed by atoms with E-state index in [0.29, 0.717) is 34.5 Å². The number of nitrogens with zero attached hydrogens (tertiary/aromatic N) is 3. The third-order valence-corrected chi connectivity index (χ3v) is 13.9. The van der Waals surface area contributed by atoms with Gasteiger partial charge in [-0.15, -0.1) is 0 Å². The van der Waals surface area contributed by atoms with Gasteiger partial charge < -0.3 is 9.13 Å². The lowest BCUT2D eigenvalue weighted by Crippen LogP contribution is -2.15. The predicted octanol–water partition coefficient (Wildman–Crippen LogP) is 18.3. The summed E-state index contributed by atoms with van der Waals surface area (Å²) in [5.74, 6) is 0. The first-order chi connectivity index (χ1) is 32.5. The number of fused-ring (bicyclic) bond motifs is 6. The molecule has 0 saturated carbocycles. The van der Waals surface area contributed by atoms with Crippen LogP contribution >= 0.6 is 0 Å². The van der Waals surface area contributed by atoms with Crippen LogP contribution in [0.15, 0.2) is 127 Å². The molecule has 0 amide bonds. The normalized spacial score (nSPS) is 13.3. The Morgan fingerprint density at radius 2 is 0.686 bits per heavy atom. The molecule has 0 atom stereocenters. The van der Waals surface area contributed by atoms with E-state index in [1.54, 1.807) is 18.2 Å². The molecule has 0 fully saturated rings. The average Bonchev–Trinajstić information content (AvgIpc) is 3.77. The van der Waals surface area contributed by atoms with E-state index in [-0.39, 0.29) is 43.9 Å². The van der Waals surface area contributed by atoms with E-state index in [1.165, 1.54) is 12.1 Å². The van der Waals surface area contributed by atoms with Crippen LogP contribution in [0.25, 0.3) is 77.2 Å². The van der Waals surface area contributed by atoms with Crippen molar-refractivity contribution in [1.82, 2.24) is 9.13 Å². The molecule has 9 rings (SSSR count). The Kier molecular flexibility index (Phi) is 11.1. The quantitative estimate of drug-likeness (QED) is 0.162. The largest absolute Gasteiger partial charge is 0.417 e. The van der Waals surface area contributed by atoms with Gasteiger partial charge in [-0.3, -0.25) is 0 Å². The third-order valence-electron chi connectivity index (χ3n) is 13.9. The number of halogens is 6. The van der Waals surface area contributed by atoms with E-state index in [4.69, 9.17) is 0 Å². The van der Waals surface area contributed by atoms with Crippen molar-refractivity contribution in [3.05, 3.63) is 166 Å². The summed E-state index contributed by atoms with van der Waals surface area (Å²) in [6.45, 7) is 25.5. The van der Waals surface area contributed by atoms with Crippen LogP contribution in [0.5, 0.6) is 0 Å². The first-order valence-electron chi connectivity index (χ1n) is 23.6. The summed E-state index contributed by atoms with van der Waals surface area (Å²) in [5, 5.41) is 14.8. The number of benzene rings is 7. The van der Waals surface area contributed by atoms with Gasteiger partial charge in [0.25, 0.3) is 0 Å². The molecule has 0 aliphatic rings. The molecule has 0 bridgehead atoms. The van der Waals surface area contributed by atoms with Gasteiger partial charge in [0.2, 0.25) is 0 Å². The second-order valence-electron chi connectivity index (χ2n) is 22.8. The number of hydrogen-bond donors (Lipinski definition) is 0. The number of hydrogen-bond acceptors (Lipinski definition) is 1. The summed E-state index contributed by atoms with van der Waals surface area (Å²) in [5.41, 5.74) is 3.04. The van der Waals surface area contributed by atoms with Gasteiger partial charge in [0.15, 0.2) is 0 Å². The molecular formula is C61H57F6N3. The molecule has 9 heteroatoms. The highest BCUT2D eigenvalue weighted by molar-refractivity contribution is 6.13. The van der Waals surface area contributed by atoms with Crippen molar-refractivity contribution in [1.29, 1.82) is 5.26 Å². The second kappa shape index (κ2) is 16.1. The highest BCUT2D eigenvalue weighted by atomic mass is 19.4. The monoisotopic (exact) mass is 945 g/mol. The van der Waals surface area contributed by atoms with E-state index in [2.05, 4.69) is 126 Å². The topological polar surface area (TPSA) is 33.6 Å². The van der Waals surface area contributed by atoms with Gasteiger partial charge in [0.1, 0.15) is 0 Å². The van der Waals surface area contributed by atoms with Crippen molar-refractivity contribution in [2.75, 3.05) is 0 Å². The highest BCUT2D eigenvalue weighted by Crippen LogP contribution is 2.52. The van der Waals surface area contributed by atoms with E-state index >= 15 is 26.3 Å². The fraction of sp³-hybridized carbons (Fsp3) is 0.295. The van der Waals surface area contributed by atoms with E-state index in [0.717, 1.165) is 60.9 Å². The summed E-state index contributed by atoms with van der Waals surface area (Å²) < 4.78 is 96.9. The average molecular weight is 946 g/mol. The minimum absolute atomic E-state index is 0.0445. The van der Waals surface area contributed by atoms with Crippen LogP contribution in [0.3, 0.4) is 0 Å². The molecule has 9 aromatic rings. The molecule has 70 heavy (non-hydrogen) atoms. The molecule has 0 unspecified atom stereocenters. The Morgan fingerprint density at radius 3 is 1.00 bits per heavy atom. The third kappa shape index (κ3) is 8.13. The van der Waals surface area contributed by atoms with Crippen molar-refractivity contribution < 1.29 is 26.3 Å². The van der Waals surface area contributed by atoms with Crippen LogP contribution in [0.2, 0.25) is 0 Å². The zero-order valence-electron chi connectivity index (χ0n) is 41.7. The first-order valence-corrected chi connectivity index (χ1v) is 23.6. The zero-order valence-corrected chi connectivity index (χ0v) is 41.7. The van der Waals surface area contributed by atoms with Gasteiger partial charge in [0.05, 0.1) is 56.2 Å². The molecule has 0 saturated heterocycles. The van der Waals surface area contributed by atoms with E-state index in [9.17, 15) is 5.26 Å². The molecule has 0 spiro atoms. The van der Waals surface area contributed by atoms with Gasteiger partial charge in [-0.25, -0.2) is 0 Å². The van der Waals surface area contributed by atoms with Crippen LogP contribution < -0.4 is 0 Å². The maximum atomic E-state index is 15.5. The van der Waals surface area contributed by atoms with E-state index in [1.807, 2.05) is 51.6 Å². The van der Waals surface area contributed by atoms with Crippen molar-refractivity contribution in [3.8, 4) is 39.7 Å². The Labute approximate surface area is 406 Å². The summed E-state index contributed by atoms with van der Waals surface area (Å²) >= 11 is 0. The molecule has 358 valence electrons. The Morgan fingerprint density at radius 1 is 0.371 bits per heavy atom. The van der Waals surface area contributed by atoms with Gasteiger partial charge in [-0.2, -0.15) is 31.6 Å². The fourth-order valence-corrected chi connectivity index (χ4v) is 10.0. The Balaban J connectivity index is 1.53. The number of rotatable bonds is 4. The molecule has 7 aromatic carbocycles. The minimum atomic E-state index is -5.19. The summed E-state index contributed by atoms with van der Waals surface area (Å²) in [6, 6.07) is 39.0. The van der Waals surface area contributed by atoms with Crippen LogP contribution in [0.1, 0.15) is 122 Å². The molecule has 2 heterocycles. The number of alkyl halides is 6. The van der Waals surface area contributed by atoms with Gasteiger partial charge in [0, 0.05) is 38.2 Å². The van der Waals surface area contributed by atoms with Crippen LogP contribution in [-0.2, 0) is 34.0 Å². The zero-order chi connectivity index (χ0) is 50.8. The SMILES string of the molecule is CC(C)(C)c1ccc2c(c1)c1cc(C(C)(C)C)ccc1n2-c1cccc(C#N)c1-c1c(-c2c(C(F)(F)F)cccc2C(F)(F)F)cccc1-n1c2ccc(C(C)(C)C)cc2c2cc(C(C)(C)C)ccc21. The van der Waals surface area contributed by atoms with Crippen molar-refractivity contribution in [2.24, 2.45) is 0 Å². The summed E-state index contributed by atoms with van der Waals surface area (Å²) in [6.07, 6.45) is -10.4. The lowest BCUT2D eigenvalue weighted by molar-refractivity contribution is -0.142. The fourth-order valence-electron chi connectivity index (χ4n) is 10.0. The van der Waals surface area contributed by atoms with Gasteiger partial charge in [-0.05, 0) is 128 Å². The smallest absolute Gasteiger partial charge is 0.309 e. The molecule has 0 aliphatic heterocycles. The molecule has 0 radical (unpaired) electrons. The van der Waals surface area contributed by atoms with Crippen molar-refractivity contribution >= 4 is 43.6 Å². The summed E-state index contributed by atoms with van der Waals surface area (Å²) in [7, 11) is 0. The molecule has 3 nitrogen and oxygen atoms in total. The van der Waals surface area contributed by atoms with Crippen molar-refractivity contribution in [2.45, 2.75) is 117 Å². The highest BCUT2D eigenvalue weighted by Gasteiger charge is 2.42. The lowest BCUT2D eigenvalue weighted by atomic mass is 9.85. The molecule has 2 aromatic heterocycles. The standard InChI is InChI=1S/C61H57F6N3/c1-56(2,3)36-22-26-47-41(30-36)42-31-37(57(4,5)6)23-27-48(42)69(47)51-20-13-16-35(34-68)53(51)55-40(54-45(60(62,63)64)18-15-19-46(54)61(65,66)67)17-14-21-52(55)70-49-28-24-38(58(7,8)9)32-43(49)44-33-39(59(10,11)12)25-29-50(44)70/h13-33H,1-12H3. The van der Waals surface area contributed by atoms with Gasteiger partial charge in [-0.1, -0.05) is 132 Å². The first kappa shape index (κ1) is 48.2. The Hall–Kier alpha value is -6.79. The lowest BCUT2D eigenvalue weighted by Gasteiger charge is -2.26. The maximum Gasteiger partial charge on any atom is 0.417 e. The molecular weight excluding hydrogens is 889 g/mol. The summed E-state index contributed by atoms with van der Waals surface area (Å²) in [4.78, 5) is 0. The number of aromatic nitrogens is 2.